The molecule has 0 saturated heterocycles. The maximum absolute atomic E-state index is 10.5. The lowest BCUT2D eigenvalue weighted by Gasteiger charge is -2.17. The molecule has 0 aromatic heterocycles. The second kappa shape index (κ2) is 6.64. The van der Waals surface area contributed by atoms with Crippen LogP contribution in [-0.2, 0) is 6.42 Å². The fourth-order valence-corrected chi connectivity index (χ4v) is 2.41. The van der Waals surface area contributed by atoms with Crippen molar-refractivity contribution in [2.75, 3.05) is 14.2 Å². The third-order valence-corrected chi connectivity index (χ3v) is 3.68. The summed E-state index contributed by atoms with van der Waals surface area (Å²) in [6.07, 6.45) is 0.0175. The summed E-state index contributed by atoms with van der Waals surface area (Å²) in [4.78, 5) is 0. The molecule has 0 saturated carbocycles. The smallest absolute Gasteiger partial charge is 0.161 e. The van der Waals surface area contributed by atoms with Crippen molar-refractivity contribution in [2.45, 2.75) is 26.4 Å². The van der Waals surface area contributed by atoms with Crippen molar-refractivity contribution >= 4 is 0 Å². The Bertz CT molecular complexity index is 603. The number of benzene rings is 2. The molecule has 2 aromatic rings. The summed E-state index contributed by atoms with van der Waals surface area (Å²) in [5.41, 5.74) is 4.19. The van der Waals surface area contributed by atoms with Crippen LogP contribution in [0.1, 0.15) is 28.4 Å². The minimum atomic E-state index is -0.562. The van der Waals surface area contributed by atoms with Gasteiger partial charge in [-0.1, -0.05) is 29.8 Å². The van der Waals surface area contributed by atoms with Crippen LogP contribution in [0.3, 0.4) is 0 Å². The van der Waals surface area contributed by atoms with Crippen molar-refractivity contribution < 1.29 is 14.6 Å². The molecule has 1 N–H and O–H groups in total. The zero-order valence-corrected chi connectivity index (χ0v) is 13.0. The van der Waals surface area contributed by atoms with Crippen molar-refractivity contribution in [3.8, 4) is 11.5 Å². The van der Waals surface area contributed by atoms with Gasteiger partial charge < -0.3 is 14.6 Å². The van der Waals surface area contributed by atoms with Crippen molar-refractivity contribution in [1.82, 2.24) is 0 Å². The van der Waals surface area contributed by atoms with Crippen LogP contribution >= 0.6 is 0 Å². The molecule has 0 fully saturated rings. The van der Waals surface area contributed by atoms with E-state index in [1.165, 1.54) is 5.56 Å². The minimum absolute atomic E-state index is 0.562. The number of rotatable bonds is 5. The normalized spacial score (nSPS) is 12.0. The van der Waals surface area contributed by atoms with E-state index in [1.807, 2.05) is 19.1 Å². The van der Waals surface area contributed by atoms with Crippen LogP contribution < -0.4 is 9.47 Å². The lowest BCUT2D eigenvalue weighted by molar-refractivity contribution is 0.177. The van der Waals surface area contributed by atoms with Gasteiger partial charge in [-0.3, -0.25) is 0 Å². The average Bonchev–Trinajstić information content (AvgIpc) is 2.49. The standard InChI is InChI=1S/C18H22O3/c1-12-5-7-14(8-6-12)10-16(19)15-11-18(21-4)17(20-3)9-13(15)2/h5-9,11,16,19H,10H2,1-4H3. The van der Waals surface area contributed by atoms with E-state index in [2.05, 4.69) is 31.2 Å². The number of aryl methyl sites for hydroxylation is 2. The Hall–Kier alpha value is -2.00. The van der Waals surface area contributed by atoms with Gasteiger partial charge in [0.15, 0.2) is 11.5 Å². The van der Waals surface area contributed by atoms with Gasteiger partial charge in [0.2, 0.25) is 0 Å². The molecule has 3 heteroatoms. The van der Waals surface area contributed by atoms with Gasteiger partial charge in [0, 0.05) is 6.42 Å². The summed E-state index contributed by atoms with van der Waals surface area (Å²) in [5.74, 6) is 1.32. The molecule has 0 heterocycles. The Morgan fingerprint density at radius 1 is 0.952 bits per heavy atom. The number of aliphatic hydroxyl groups is 1. The van der Waals surface area contributed by atoms with Crippen LogP contribution in [0.15, 0.2) is 36.4 Å². The number of aliphatic hydroxyl groups excluding tert-OH is 1. The molecule has 2 rings (SSSR count). The van der Waals surface area contributed by atoms with Crippen LogP contribution in [-0.4, -0.2) is 19.3 Å². The molecule has 0 amide bonds. The van der Waals surface area contributed by atoms with E-state index in [-0.39, 0.29) is 0 Å². The lowest BCUT2D eigenvalue weighted by atomic mass is 9.96. The number of ether oxygens (including phenoxy) is 2. The Balaban J connectivity index is 2.26. The van der Waals surface area contributed by atoms with Crippen molar-refractivity contribution in [3.05, 3.63) is 58.7 Å². The molecule has 1 unspecified atom stereocenters. The zero-order chi connectivity index (χ0) is 15.4. The first kappa shape index (κ1) is 15.4. The second-order valence-electron chi connectivity index (χ2n) is 5.27. The predicted molar refractivity (Wildman–Crippen MR) is 84.1 cm³/mol. The van der Waals surface area contributed by atoms with Crippen LogP contribution in [0.5, 0.6) is 11.5 Å². The number of hydrogen-bond donors (Lipinski definition) is 1. The summed E-state index contributed by atoms with van der Waals surface area (Å²) < 4.78 is 10.6. The highest BCUT2D eigenvalue weighted by atomic mass is 16.5. The van der Waals surface area contributed by atoms with Gasteiger partial charge in [-0.25, -0.2) is 0 Å². The first-order valence-electron chi connectivity index (χ1n) is 7.01. The van der Waals surface area contributed by atoms with Crippen LogP contribution in [0.4, 0.5) is 0 Å². The molecule has 0 bridgehead atoms. The monoisotopic (exact) mass is 286 g/mol. The lowest BCUT2D eigenvalue weighted by Crippen LogP contribution is -2.05. The summed E-state index contributed by atoms with van der Waals surface area (Å²) in [6, 6.07) is 12.0. The summed E-state index contributed by atoms with van der Waals surface area (Å²) >= 11 is 0. The van der Waals surface area contributed by atoms with E-state index in [0.29, 0.717) is 17.9 Å². The highest BCUT2D eigenvalue weighted by Crippen LogP contribution is 2.33. The third-order valence-electron chi connectivity index (χ3n) is 3.68. The van der Waals surface area contributed by atoms with Crippen molar-refractivity contribution in [1.29, 1.82) is 0 Å². The maximum Gasteiger partial charge on any atom is 0.161 e. The Morgan fingerprint density at radius 3 is 2.10 bits per heavy atom. The van der Waals surface area contributed by atoms with Gasteiger partial charge in [-0.2, -0.15) is 0 Å². The van der Waals surface area contributed by atoms with E-state index < -0.39 is 6.10 Å². The van der Waals surface area contributed by atoms with Crippen LogP contribution in [0.25, 0.3) is 0 Å². The Morgan fingerprint density at radius 2 is 1.52 bits per heavy atom. The molecule has 0 aliphatic carbocycles. The molecule has 0 aliphatic rings. The van der Waals surface area contributed by atoms with Crippen LogP contribution in [0.2, 0.25) is 0 Å². The highest BCUT2D eigenvalue weighted by Gasteiger charge is 2.15. The first-order chi connectivity index (χ1) is 10.0. The van der Waals surface area contributed by atoms with Gasteiger partial charge in [0.05, 0.1) is 20.3 Å². The third kappa shape index (κ3) is 3.56. The van der Waals surface area contributed by atoms with Gasteiger partial charge in [0.25, 0.3) is 0 Å². The molecule has 3 nitrogen and oxygen atoms in total. The number of hydrogen-bond acceptors (Lipinski definition) is 3. The Labute approximate surface area is 126 Å². The maximum atomic E-state index is 10.5. The van der Waals surface area contributed by atoms with Gasteiger partial charge >= 0.3 is 0 Å². The van der Waals surface area contributed by atoms with Crippen molar-refractivity contribution in [2.24, 2.45) is 0 Å². The summed E-state index contributed by atoms with van der Waals surface area (Å²) in [5, 5.41) is 10.5. The Kier molecular flexibility index (Phi) is 4.86. The predicted octanol–water partition coefficient (Wildman–Crippen LogP) is 3.60. The highest BCUT2D eigenvalue weighted by molar-refractivity contribution is 5.48. The van der Waals surface area contributed by atoms with E-state index in [0.717, 1.165) is 16.7 Å². The largest absolute Gasteiger partial charge is 0.493 e. The molecule has 21 heavy (non-hydrogen) atoms. The molecular formula is C18H22O3. The van der Waals surface area contributed by atoms with Crippen LogP contribution in [0, 0.1) is 13.8 Å². The summed E-state index contributed by atoms with van der Waals surface area (Å²) in [7, 11) is 3.21. The molecule has 0 spiro atoms. The van der Waals surface area contributed by atoms with E-state index in [9.17, 15) is 5.11 Å². The first-order valence-corrected chi connectivity index (χ1v) is 7.01. The molecule has 1 atom stereocenters. The molecule has 2 aromatic carbocycles. The van der Waals surface area contributed by atoms with Gasteiger partial charge in [-0.15, -0.1) is 0 Å². The SMILES string of the molecule is COc1cc(C)c(C(O)Cc2ccc(C)cc2)cc1OC. The number of methoxy groups -OCH3 is 2. The fraction of sp³-hybridized carbons (Fsp3) is 0.333. The average molecular weight is 286 g/mol. The van der Waals surface area contributed by atoms with Crippen molar-refractivity contribution in [3.63, 3.8) is 0 Å². The molecule has 112 valence electrons. The molecule has 0 aliphatic heterocycles. The quantitative estimate of drug-likeness (QED) is 0.912. The fourth-order valence-electron chi connectivity index (χ4n) is 2.41. The van der Waals surface area contributed by atoms with Gasteiger partial charge in [0.1, 0.15) is 0 Å². The topological polar surface area (TPSA) is 38.7 Å². The van der Waals surface area contributed by atoms with E-state index in [1.54, 1.807) is 14.2 Å². The van der Waals surface area contributed by atoms with E-state index >= 15 is 0 Å². The second-order valence-corrected chi connectivity index (χ2v) is 5.27. The zero-order valence-electron chi connectivity index (χ0n) is 13.0. The van der Waals surface area contributed by atoms with Gasteiger partial charge in [-0.05, 0) is 42.7 Å². The molecular weight excluding hydrogens is 264 g/mol. The van der Waals surface area contributed by atoms with E-state index in [4.69, 9.17) is 9.47 Å². The summed E-state index contributed by atoms with van der Waals surface area (Å²) in [6.45, 7) is 4.02. The minimum Gasteiger partial charge on any atom is -0.493 e. The molecule has 0 radical (unpaired) electrons.